The zero-order valence-corrected chi connectivity index (χ0v) is 18.9. The lowest BCUT2D eigenvalue weighted by Gasteiger charge is -2.11. The average molecular weight is 490 g/mol. The fourth-order valence-electron chi connectivity index (χ4n) is 2.62. The lowest BCUT2D eigenvalue weighted by atomic mass is 10.2. The Morgan fingerprint density at radius 2 is 1.67 bits per heavy atom. The SMILES string of the molecule is COc1ccc(NS(=O)(=O)c2cccc(C(=O)NNC(=O)COc3ccccc3Cl)c2)cc1. The number of hydrazine groups is 1. The van der Waals surface area contributed by atoms with E-state index in [4.69, 9.17) is 21.1 Å². The molecule has 11 heteroatoms. The molecular formula is C22H20ClN3O6S. The smallest absolute Gasteiger partial charge is 0.276 e. The first-order valence-electron chi connectivity index (χ1n) is 9.52. The van der Waals surface area contributed by atoms with E-state index in [0.717, 1.165) is 0 Å². The van der Waals surface area contributed by atoms with Gasteiger partial charge in [0, 0.05) is 11.3 Å². The normalized spacial score (nSPS) is 10.7. The van der Waals surface area contributed by atoms with Crippen LogP contribution in [0.2, 0.25) is 5.02 Å². The number of methoxy groups -OCH3 is 1. The van der Waals surface area contributed by atoms with Gasteiger partial charge in [0.2, 0.25) is 0 Å². The van der Waals surface area contributed by atoms with Gasteiger partial charge in [0.15, 0.2) is 6.61 Å². The number of carbonyl (C=O) groups excluding carboxylic acids is 2. The van der Waals surface area contributed by atoms with Gasteiger partial charge >= 0.3 is 0 Å². The van der Waals surface area contributed by atoms with E-state index in [0.29, 0.717) is 22.2 Å². The van der Waals surface area contributed by atoms with Crippen LogP contribution in [0.3, 0.4) is 0 Å². The Balaban J connectivity index is 1.59. The maximum atomic E-state index is 12.7. The van der Waals surface area contributed by atoms with Gasteiger partial charge in [0.25, 0.3) is 21.8 Å². The second kappa shape index (κ2) is 10.7. The molecule has 0 unspecified atom stereocenters. The Hall–Kier alpha value is -3.76. The molecule has 9 nitrogen and oxygen atoms in total. The molecular weight excluding hydrogens is 470 g/mol. The molecule has 3 rings (SSSR count). The fraction of sp³-hybridized carbons (Fsp3) is 0.0909. The zero-order chi connectivity index (χ0) is 23.8. The molecule has 0 bridgehead atoms. The van der Waals surface area contributed by atoms with Crippen molar-refractivity contribution in [2.24, 2.45) is 0 Å². The molecule has 3 N–H and O–H groups in total. The number of hydrogen-bond acceptors (Lipinski definition) is 6. The summed E-state index contributed by atoms with van der Waals surface area (Å²) in [6.45, 7) is -0.385. The van der Waals surface area contributed by atoms with Gasteiger partial charge in [-0.25, -0.2) is 8.42 Å². The Kier molecular flexibility index (Phi) is 7.75. The van der Waals surface area contributed by atoms with Gasteiger partial charge in [-0.15, -0.1) is 0 Å². The van der Waals surface area contributed by atoms with E-state index in [1.807, 2.05) is 0 Å². The second-order valence-electron chi connectivity index (χ2n) is 6.58. The highest BCUT2D eigenvalue weighted by atomic mass is 35.5. The number of para-hydroxylation sites is 1. The summed E-state index contributed by atoms with van der Waals surface area (Å²) in [5.41, 5.74) is 4.76. The van der Waals surface area contributed by atoms with Crippen LogP contribution in [0.1, 0.15) is 10.4 Å². The first kappa shape index (κ1) is 23.9. The van der Waals surface area contributed by atoms with Crippen LogP contribution >= 0.6 is 11.6 Å². The van der Waals surface area contributed by atoms with Crippen LogP contribution in [0.25, 0.3) is 0 Å². The van der Waals surface area contributed by atoms with Crippen LogP contribution in [0.4, 0.5) is 5.69 Å². The Bertz CT molecular complexity index is 1250. The monoisotopic (exact) mass is 489 g/mol. The maximum absolute atomic E-state index is 12.7. The number of sulfonamides is 1. The highest BCUT2D eigenvalue weighted by molar-refractivity contribution is 7.92. The number of nitrogens with one attached hydrogen (secondary N) is 3. The number of carbonyl (C=O) groups is 2. The highest BCUT2D eigenvalue weighted by Crippen LogP contribution is 2.23. The summed E-state index contributed by atoms with van der Waals surface area (Å²) < 4.78 is 38.1. The number of amides is 2. The Morgan fingerprint density at radius 1 is 0.939 bits per heavy atom. The number of rotatable bonds is 8. The molecule has 0 heterocycles. The molecule has 0 atom stereocenters. The van der Waals surface area contributed by atoms with Crippen LogP contribution in [0.15, 0.2) is 77.7 Å². The Labute approximate surface area is 195 Å². The van der Waals surface area contributed by atoms with Gasteiger partial charge in [-0.1, -0.05) is 29.8 Å². The van der Waals surface area contributed by atoms with E-state index in [1.54, 1.807) is 48.5 Å². The standard InChI is InChI=1S/C22H20ClN3O6S/c1-31-17-11-9-16(10-12-17)26-33(29,30)18-6-4-5-15(13-18)22(28)25-24-21(27)14-32-20-8-3-2-7-19(20)23/h2-13,26H,14H2,1H3,(H,24,27)(H,25,28). The fourth-order valence-corrected chi connectivity index (χ4v) is 3.91. The van der Waals surface area contributed by atoms with Gasteiger partial charge in [-0.05, 0) is 54.6 Å². The maximum Gasteiger partial charge on any atom is 0.276 e. The minimum Gasteiger partial charge on any atom is -0.497 e. The second-order valence-corrected chi connectivity index (χ2v) is 8.67. The van der Waals surface area contributed by atoms with E-state index in [1.165, 1.54) is 31.4 Å². The molecule has 3 aromatic carbocycles. The average Bonchev–Trinajstić information content (AvgIpc) is 2.82. The largest absolute Gasteiger partial charge is 0.497 e. The lowest BCUT2D eigenvalue weighted by molar-refractivity contribution is -0.123. The molecule has 0 saturated heterocycles. The van der Waals surface area contributed by atoms with E-state index < -0.39 is 21.8 Å². The molecule has 0 aliphatic heterocycles. The summed E-state index contributed by atoms with van der Waals surface area (Å²) in [4.78, 5) is 24.2. The van der Waals surface area contributed by atoms with Crippen LogP contribution in [0, 0.1) is 0 Å². The van der Waals surface area contributed by atoms with Crippen molar-refractivity contribution in [3.05, 3.63) is 83.4 Å². The van der Waals surface area contributed by atoms with Crippen LogP contribution in [0.5, 0.6) is 11.5 Å². The molecule has 33 heavy (non-hydrogen) atoms. The van der Waals surface area contributed by atoms with E-state index in [2.05, 4.69) is 15.6 Å². The van der Waals surface area contributed by atoms with Crippen molar-refractivity contribution in [1.29, 1.82) is 0 Å². The third-order valence-corrected chi connectivity index (χ3v) is 5.95. The lowest BCUT2D eigenvalue weighted by Crippen LogP contribution is -2.43. The van der Waals surface area contributed by atoms with Crippen LogP contribution < -0.4 is 25.0 Å². The van der Waals surface area contributed by atoms with Gasteiger partial charge in [0.1, 0.15) is 11.5 Å². The minimum atomic E-state index is -3.95. The Morgan fingerprint density at radius 3 is 2.36 bits per heavy atom. The number of benzene rings is 3. The number of anilines is 1. The third-order valence-electron chi connectivity index (χ3n) is 4.26. The molecule has 172 valence electrons. The first-order valence-corrected chi connectivity index (χ1v) is 11.4. The summed E-state index contributed by atoms with van der Waals surface area (Å²) in [6, 6.07) is 18.3. The van der Waals surface area contributed by atoms with Gasteiger partial charge in [0.05, 0.1) is 17.0 Å². The van der Waals surface area contributed by atoms with Crippen molar-refractivity contribution < 1.29 is 27.5 Å². The molecule has 0 fully saturated rings. The van der Waals surface area contributed by atoms with Crippen molar-refractivity contribution in [2.45, 2.75) is 4.90 Å². The summed E-state index contributed by atoms with van der Waals surface area (Å²) in [6.07, 6.45) is 0. The third kappa shape index (κ3) is 6.61. The van der Waals surface area contributed by atoms with Crippen LogP contribution in [-0.4, -0.2) is 33.9 Å². The minimum absolute atomic E-state index is 0.0277. The van der Waals surface area contributed by atoms with Gasteiger partial charge in [-0.2, -0.15) is 0 Å². The first-order chi connectivity index (χ1) is 15.8. The van der Waals surface area contributed by atoms with Crippen molar-refractivity contribution in [1.82, 2.24) is 10.9 Å². The molecule has 0 aliphatic rings. The van der Waals surface area contributed by atoms with Crippen molar-refractivity contribution >= 4 is 39.1 Å². The molecule has 0 radical (unpaired) electrons. The quantitative estimate of drug-likeness (QED) is 0.418. The van der Waals surface area contributed by atoms with E-state index in [-0.39, 0.29) is 17.1 Å². The molecule has 0 aliphatic carbocycles. The predicted octanol–water partition coefficient (Wildman–Crippen LogP) is 2.99. The van der Waals surface area contributed by atoms with Crippen molar-refractivity contribution in [2.75, 3.05) is 18.4 Å². The topological polar surface area (TPSA) is 123 Å². The molecule has 0 spiro atoms. The number of ether oxygens (including phenoxy) is 2. The predicted molar refractivity (Wildman–Crippen MR) is 123 cm³/mol. The summed E-state index contributed by atoms with van der Waals surface area (Å²) >= 11 is 5.95. The van der Waals surface area contributed by atoms with Gasteiger partial charge < -0.3 is 9.47 Å². The number of hydrogen-bond donors (Lipinski definition) is 3. The highest BCUT2D eigenvalue weighted by Gasteiger charge is 2.17. The van der Waals surface area contributed by atoms with E-state index in [9.17, 15) is 18.0 Å². The summed E-state index contributed by atoms with van der Waals surface area (Å²) in [5, 5.41) is 0.343. The van der Waals surface area contributed by atoms with Crippen molar-refractivity contribution in [3.8, 4) is 11.5 Å². The molecule has 3 aromatic rings. The molecule has 0 aromatic heterocycles. The molecule has 2 amide bonds. The summed E-state index contributed by atoms with van der Waals surface area (Å²) in [7, 11) is -2.45. The van der Waals surface area contributed by atoms with Crippen molar-refractivity contribution in [3.63, 3.8) is 0 Å². The van der Waals surface area contributed by atoms with Crippen LogP contribution in [-0.2, 0) is 14.8 Å². The van der Waals surface area contributed by atoms with Gasteiger partial charge in [-0.3, -0.25) is 25.2 Å². The number of halogens is 1. The van der Waals surface area contributed by atoms with E-state index >= 15 is 0 Å². The molecule has 0 saturated carbocycles. The zero-order valence-electron chi connectivity index (χ0n) is 17.4. The summed E-state index contributed by atoms with van der Waals surface area (Å²) in [5.74, 6) is -0.436.